The highest BCUT2D eigenvalue weighted by molar-refractivity contribution is 5.86. The van der Waals surface area contributed by atoms with Gasteiger partial charge in [-0.3, -0.25) is 9.59 Å². The Balaban J connectivity index is 2.06. The zero-order chi connectivity index (χ0) is 13.6. The quantitative estimate of drug-likeness (QED) is 0.839. The van der Waals surface area contributed by atoms with Crippen LogP contribution >= 0.6 is 0 Å². The SMILES string of the molecule is CC1CN(C(=O)CC2(C(=O)O)CCC2)C(C)(C)C1. The van der Waals surface area contributed by atoms with E-state index in [0.717, 1.165) is 19.4 Å². The number of rotatable bonds is 3. The van der Waals surface area contributed by atoms with Crippen molar-refractivity contribution in [3.63, 3.8) is 0 Å². The normalized spacial score (nSPS) is 28.8. The van der Waals surface area contributed by atoms with E-state index in [2.05, 4.69) is 20.8 Å². The molecule has 1 atom stereocenters. The first-order chi connectivity index (χ1) is 8.27. The second-order valence-electron chi connectivity index (χ2n) is 6.74. The molecule has 4 heteroatoms. The zero-order valence-corrected chi connectivity index (χ0v) is 11.5. The molecule has 0 aromatic rings. The van der Waals surface area contributed by atoms with E-state index in [1.54, 1.807) is 0 Å². The summed E-state index contributed by atoms with van der Waals surface area (Å²) in [7, 11) is 0. The molecule has 1 aliphatic heterocycles. The molecule has 1 amide bonds. The van der Waals surface area contributed by atoms with Crippen molar-refractivity contribution in [3.8, 4) is 0 Å². The number of aliphatic carboxylic acids is 1. The standard InChI is InChI=1S/C14H23NO3/c1-10-7-13(2,3)15(9-10)11(16)8-14(12(17)18)5-4-6-14/h10H,4-9H2,1-3H3,(H,17,18). The number of carboxylic acids is 1. The van der Waals surface area contributed by atoms with Gasteiger partial charge in [0.1, 0.15) is 0 Å². The molecule has 4 nitrogen and oxygen atoms in total. The van der Waals surface area contributed by atoms with Crippen LogP contribution in [-0.2, 0) is 9.59 Å². The van der Waals surface area contributed by atoms with Gasteiger partial charge < -0.3 is 10.0 Å². The molecule has 2 rings (SSSR count). The lowest BCUT2D eigenvalue weighted by Crippen LogP contribution is -2.48. The molecule has 1 N–H and O–H groups in total. The molecule has 0 radical (unpaired) electrons. The fraction of sp³-hybridized carbons (Fsp3) is 0.857. The molecular weight excluding hydrogens is 230 g/mol. The summed E-state index contributed by atoms with van der Waals surface area (Å²) in [6.07, 6.45) is 3.41. The Hall–Kier alpha value is -1.06. The largest absolute Gasteiger partial charge is 0.481 e. The number of hydrogen-bond acceptors (Lipinski definition) is 2. The molecule has 18 heavy (non-hydrogen) atoms. The first-order valence-electron chi connectivity index (χ1n) is 6.81. The van der Waals surface area contributed by atoms with Gasteiger partial charge >= 0.3 is 5.97 Å². The summed E-state index contributed by atoms with van der Waals surface area (Å²) in [6, 6.07) is 0. The van der Waals surface area contributed by atoms with E-state index in [1.165, 1.54) is 0 Å². The minimum atomic E-state index is -0.799. The van der Waals surface area contributed by atoms with Crippen LogP contribution < -0.4 is 0 Å². The first kappa shape index (κ1) is 13.4. The van der Waals surface area contributed by atoms with Crippen molar-refractivity contribution in [2.45, 2.75) is 58.4 Å². The fourth-order valence-electron chi connectivity index (χ4n) is 3.48. The summed E-state index contributed by atoms with van der Waals surface area (Å²) in [6.45, 7) is 7.05. The van der Waals surface area contributed by atoms with E-state index in [0.29, 0.717) is 18.8 Å². The third kappa shape index (κ3) is 2.13. The monoisotopic (exact) mass is 253 g/mol. The molecule has 0 aromatic carbocycles. The number of hydrogen-bond donors (Lipinski definition) is 1. The molecule has 1 heterocycles. The van der Waals surface area contributed by atoms with E-state index >= 15 is 0 Å². The van der Waals surface area contributed by atoms with Crippen LogP contribution in [0.3, 0.4) is 0 Å². The third-order valence-electron chi connectivity index (χ3n) is 4.63. The molecular formula is C14H23NO3. The van der Waals surface area contributed by atoms with Crippen LogP contribution in [0, 0.1) is 11.3 Å². The Bertz CT molecular complexity index is 371. The van der Waals surface area contributed by atoms with Gasteiger partial charge in [0.15, 0.2) is 0 Å². The molecule has 0 bridgehead atoms. The highest BCUT2D eigenvalue weighted by Crippen LogP contribution is 2.45. The molecule has 1 saturated heterocycles. The lowest BCUT2D eigenvalue weighted by molar-refractivity contribution is -0.160. The summed E-state index contributed by atoms with van der Waals surface area (Å²) in [5, 5.41) is 9.29. The second kappa shape index (κ2) is 4.25. The Kier molecular flexibility index (Phi) is 3.16. The summed E-state index contributed by atoms with van der Waals surface area (Å²) in [4.78, 5) is 25.6. The molecule has 0 spiro atoms. The molecule has 0 aromatic heterocycles. The summed E-state index contributed by atoms with van der Waals surface area (Å²) in [5.41, 5.74) is -0.890. The molecule has 1 aliphatic carbocycles. The minimum absolute atomic E-state index is 0.0199. The minimum Gasteiger partial charge on any atom is -0.481 e. The third-order valence-corrected chi connectivity index (χ3v) is 4.63. The van der Waals surface area contributed by atoms with Crippen molar-refractivity contribution >= 4 is 11.9 Å². The van der Waals surface area contributed by atoms with E-state index in [4.69, 9.17) is 0 Å². The van der Waals surface area contributed by atoms with Crippen LogP contribution in [0.4, 0.5) is 0 Å². The highest BCUT2D eigenvalue weighted by Gasteiger charge is 2.49. The maximum Gasteiger partial charge on any atom is 0.310 e. The van der Waals surface area contributed by atoms with Crippen molar-refractivity contribution in [3.05, 3.63) is 0 Å². The molecule has 1 saturated carbocycles. The molecule has 1 unspecified atom stereocenters. The number of carboxylic acid groups (broad SMARTS) is 1. The summed E-state index contributed by atoms with van der Waals surface area (Å²) >= 11 is 0. The second-order valence-corrected chi connectivity index (χ2v) is 6.74. The molecule has 102 valence electrons. The van der Waals surface area contributed by atoms with Gasteiger partial charge in [-0.25, -0.2) is 0 Å². The number of carbonyl (C=O) groups is 2. The van der Waals surface area contributed by atoms with Crippen LogP contribution in [0.25, 0.3) is 0 Å². The topological polar surface area (TPSA) is 57.6 Å². The van der Waals surface area contributed by atoms with Gasteiger partial charge in [-0.1, -0.05) is 13.3 Å². The smallest absolute Gasteiger partial charge is 0.310 e. The van der Waals surface area contributed by atoms with Gasteiger partial charge in [-0.2, -0.15) is 0 Å². The van der Waals surface area contributed by atoms with Crippen molar-refractivity contribution in [2.75, 3.05) is 6.54 Å². The highest BCUT2D eigenvalue weighted by atomic mass is 16.4. The predicted octanol–water partition coefficient (Wildman–Crippen LogP) is 2.28. The Labute approximate surface area is 108 Å². The van der Waals surface area contributed by atoms with E-state index < -0.39 is 11.4 Å². The van der Waals surface area contributed by atoms with Crippen molar-refractivity contribution in [2.24, 2.45) is 11.3 Å². The first-order valence-corrected chi connectivity index (χ1v) is 6.81. The van der Waals surface area contributed by atoms with Gasteiger partial charge in [0.25, 0.3) is 0 Å². The van der Waals surface area contributed by atoms with Gasteiger partial charge in [0.2, 0.25) is 5.91 Å². The maximum atomic E-state index is 12.4. The Morgan fingerprint density at radius 3 is 2.28 bits per heavy atom. The summed E-state index contributed by atoms with van der Waals surface area (Å²) in [5.74, 6) is -0.273. The van der Waals surface area contributed by atoms with Crippen LogP contribution in [-0.4, -0.2) is 34.0 Å². The Morgan fingerprint density at radius 1 is 1.33 bits per heavy atom. The molecule has 2 fully saturated rings. The lowest BCUT2D eigenvalue weighted by Gasteiger charge is -2.40. The van der Waals surface area contributed by atoms with Crippen LogP contribution in [0.15, 0.2) is 0 Å². The van der Waals surface area contributed by atoms with Crippen LogP contribution in [0.5, 0.6) is 0 Å². The predicted molar refractivity (Wildman–Crippen MR) is 68.1 cm³/mol. The van der Waals surface area contributed by atoms with Gasteiger partial charge in [-0.05, 0) is 39.0 Å². The fourth-order valence-corrected chi connectivity index (χ4v) is 3.48. The lowest BCUT2D eigenvalue weighted by atomic mass is 9.66. The Morgan fingerprint density at radius 2 is 1.94 bits per heavy atom. The average Bonchev–Trinajstić information content (AvgIpc) is 2.44. The average molecular weight is 253 g/mol. The number of carbonyl (C=O) groups excluding carboxylic acids is 1. The van der Waals surface area contributed by atoms with Crippen LogP contribution in [0.1, 0.15) is 52.9 Å². The van der Waals surface area contributed by atoms with Crippen molar-refractivity contribution in [1.29, 1.82) is 0 Å². The van der Waals surface area contributed by atoms with E-state index in [9.17, 15) is 14.7 Å². The van der Waals surface area contributed by atoms with Gasteiger partial charge in [0, 0.05) is 18.5 Å². The maximum absolute atomic E-state index is 12.4. The van der Waals surface area contributed by atoms with Gasteiger partial charge in [-0.15, -0.1) is 0 Å². The summed E-state index contributed by atoms with van der Waals surface area (Å²) < 4.78 is 0. The van der Waals surface area contributed by atoms with Crippen molar-refractivity contribution in [1.82, 2.24) is 4.90 Å². The zero-order valence-electron chi connectivity index (χ0n) is 11.5. The number of likely N-dealkylation sites (tertiary alicyclic amines) is 1. The van der Waals surface area contributed by atoms with Crippen LogP contribution in [0.2, 0.25) is 0 Å². The van der Waals surface area contributed by atoms with Gasteiger partial charge in [0.05, 0.1) is 5.41 Å². The van der Waals surface area contributed by atoms with E-state index in [-0.39, 0.29) is 17.9 Å². The number of nitrogens with zero attached hydrogens (tertiary/aromatic N) is 1. The van der Waals surface area contributed by atoms with Crippen molar-refractivity contribution < 1.29 is 14.7 Å². The molecule has 2 aliphatic rings. The van der Waals surface area contributed by atoms with E-state index in [1.807, 2.05) is 4.90 Å². The number of amides is 1.